The SMILES string of the molecule is COc1ccc(OC(C)=O)c(/C=N\NC(=O)COc2ccc(Cl)cc2)c1. The van der Waals surface area contributed by atoms with Crippen molar-refractivity contribution < 1.29 is 23.8 Å². The molecule has 0 aromatic heterocycles. The zero-order chi connectivity index (χ0) is 18.9. The van der Waals surface area contributed by atoms with Crippen LogP contribution in [-0.2, 0) is 9.59 Å². The largest absolute Gasteiger partial charge is 0.497 e. The van der Waals surface area contributed by atoms with Gasteiger partial charge in [-0.05, 0) is 42.5 Å². The third-order valence-electron chi connectivity index (χ3n) is 3.05. The fraction of sp³-hybridized carbons (Fsp3) is 0.167. The van der Waals surface area contributed by atoms with Gasteiger partial charge in [-0.1, -0.05) is 11.6 Å². The number of ether oxygens (including phenoxy) is 3. The molecule has 2 aromatic rings. The maximum atomic E-state index is 11.8. The molecule has 2 rings (SSSR count). The van der Waals surface area contributed by atoms with Gasteiger partial charge in [0.05, 0.1) is 13.3 Å². The van der Waals surface area contributed by atoms with E-state index in [1.165, 1.54) is 20.2 Å². The van der Waals surface area contributed by atoms with Crippen molar-refractivity contribution in [2.75, 3.05) is 13.7 Å². The van der Waals surface area contributed by atoms with E-state index >= 15 is 0 Å². The number of rotatable bonds is 7. The van der Waals surface area contributed by atoms with Crippen LogP contribution in [0.25, 0.3) is 0 Å². The summed E-state index contributed by atoms with van der Waals surface area (Å²) in [5.41, 5.74) is 2.80. The maximum absolute atomic E-state index is 11.8. The molecule has 0 atom stereocenters. The lowest BCUT2D eigenvalue weighted by Crippen LogP contribution is -2.24. The lowest BCUT2D eigenvalue weighted by atomic mass is 10.2. The molecule has 2 aromatic carbocycles. The molecule has 0 saturated heterocycles. The molecule has 0 fully saturated rings. The van der Waals surface area contributed by atoms with E-state index in [-0.39, 0.29) is 6.61 Å². The Balaban J connectivity index is 1.94. The van der Waals surface area contributed by atoms with E-state index in [0.717, 1.165) is 0 Å². The lowest BCUT2D eigenvalue weighted by Gasteiger charge is -2.08. The predicted octanol–water partition coefficient (Wildman–Crippen LogP) is 2.80. The molecule has 0 aliphatic heterocycles. The molecular formula is C18H17ClN2O5. The Morgan fingerprint density at radius 1 is 1.15 bits per heavy atom. The average molecular weight is 377 g/mol. The van der Waals surface area contributed by atoms with E-state index in [1.54, 1.807) is 42.5 Å². The highest BCUT2D eigenvalue weighted by Crippen LogP contribution is 2.23. The highest BCUT2D eigenvalue weighted by molar-refractivity contribution is 6.30. The smallest absolute Gasteiger partial charge is 0.308 e. The highest BCUT2D eigenvalue weighted by Gasteiger charge is 2.07. The summed E-state index contributed by atoms with van der Waals surface area (Å²) in [6, 6.07) is 11.5. The molecule has 0 spiro atoms. The highest BCUT2D eigenvalue weighted by atomic mass is 35.5. The summed E-state index contributed by atoms with van der Waals surface area (Å²) in [5, 5.41) is 4.42. The summed E-state index contributed by atoms with van der Waals surface area (Å²) in [7, 11) is 1.51. The quantitative estimate of drug-likeness (QED) is 0.347. The van der Waals surface area contributed by atoms with Crippen LogP contribution in [0.5, 0.6) is 17.2 Å². The molecule has 0 radical (unpaired) electrons. The van der Waals surface area contributed by atoms with E-state index < -0.39 is 11.9 Å². The van der Waals surface area contributed by atoms with Crippen molar-refractivity contribution in [2.45, 2.75) is 6.92 Å². The van der Waals surface area contributed by atoms with E-state index in [4.69, 9.17) is 25.8 Å². The van der Waals surface area contributed by atoms with Crippen LogP contribution in [-0.4, -0.2) is 31.8 Å². The Morgan fingerprint density at radius 3 is 2.50 bits per heavy atom. The number of nitrogens with one attached hydrogen (secondary N) is 1. The summed E-state index contributed by atoms with van der Waals surface area (Å²) in [6.45, 7) is 1.08. The van der Waals surface area contributed by atoms with Gasteiger partial charge in [0.15, 0.2) is 6.61 Å². The number of hydrogen-bond acceptors (Lipinski definition) is 6. The van der Waals surface area contributed by atoms with Crippen molar-refractivity contribution in [3.63, 3.8) is 0 Å². The fourth-order valence-corrected chi connectivity index (χ4v) is 2.01. The van der Waals surface area contributed by atoms with Gasteiger partial charge in [-0.3, -0.25) is 9.59 Å². The number of nitrogens with zero attached hydrogens (tertiary/aromatic N) is 1. The summed E-state index contributed by atoms with van der Waals surface area (Å²) >= 11 is 5.77. The van der Waals surface area contributed by atoms with Crippen molar-refractivity contribution in [2.24, 2.45) is 5.10 Å². The number of esters is 1. The number of halogens is 1. The molecule has 8 heteroatoms. The van der Waals surface area contributed by atoms with E-state index in [1.807, 2.05) is 0 Å². The van der Waals surface area contributed by atoms with Crippen molar-refractivity contribution in [1.82, 2.24) is 5.43 Å². The van der Waals surface area contributed by atoms with Crippen molar-refractivity contribution in [3.05, 3.63) is 53.1 Å². The minimum Gasteiger partial charge on any atom is -0.497 e. The first kappa shape index (κ1) is 19.3. The summed E-state index contributed by atoms with van der Waals surface area (Å²) in [6.07, 6.45) is 1.35. The molecule has 0 aliphatic rings. The van der Waals surface area contributed by atoms with Gasteiger partial charge in [0.1, 0.15) is 17.2 Å². The first-order valence-corrected chi connectivity index (χ1v) is 7.92. The lowest BCUT2D eigenvalue weighted by molar-refractivity contribution is -0.132. The minimum absolute atomic E-state index is 0.214. The van der Waals surface area contributed by atoms with Gasteiger partial charge in [0.25, 0.3) is 5.91 Å². The van der Waals surface area contributed by atoms with Gasteiger partial charge in [0, 0.05) is 17.5 Å². The molecule has 0 heterocycles. The Bertz CT molecular complexity index is 806. The average Bonchev–Trinajstić information content (AvgIpc) is 2.62. The van der Waals surface area contributed by atoms with Crippen LogP contribution in [0.2, 0.25) is 5.02 Å². The monoisotopic (exact) mass is 376 g/mol. The Hall–Kier alpha value is -3.06. The normalized spacial score (nSPS) is 10.4. The van der Waals surface area contributed by atoms with E-state index in [9.17, 15) is 9.59 Å². The third-order valence-corrected chi connectivity index (χ3v) is 3.30. The van der Waals surface area contributed by atoms with Gasteiger partial charge in [-0.2, -0.15) is 5.10 Å². The Kier molecular flexibility index (Phi) is 6.99. The number of hydrazone groups is 1. The fourth-order valence-electron chi connectivity index (χ4n) is 1.89. The first-order chi connectivity index (χ1) is 12.5. The summed E-state index contributed by atoms with van der Waals surface area (Å²) in [4.78, 5) is 22.9. The number of methoxy groups -OCH3 is 1. The molecule has 1 amide bonds. The summed E-state index contributed by atoms with van der Waals surface area (Å²) < 4.78 is 15.5. The van der Waals surface area contributed by atoms with Crippen LogP contribution in [0, 0.1) is 0 Å². The zero-order valence-electron chi connectivity index (χ0n) is 14.2. The molecule has 1 N–H and O–H groups in total. The van der Waals surface area contributed by atoms with Gasteiger partial charge in [-0.25, -0.2) is 5.43 Å². The van der Waals surface area contributed by atoms with Gasteiger partial charge < -0.3 is 14.2 Å². The van der Waals surface area contributed by atoms with Crippen LogP contribution in [0.1, 0.15) is 12.5 Å². The van der Waals surface area contributed by atoms with Crippen LogP contribution < -0.4 is 19.6 Å². The third kappa shape index (κ3) is 6.10. The van der Waals surface area contributed by atoms with Crippen molar-refractivity contribution in [3.8, 4) is 17.2 Å². The van der Waals surface area contributed by atoms with Gasteiger partial charge in [0.2, 0.25) is 0 Å². The second-order valence-corrected chi connectivity index (χ2v) is 5.47. The van der Waals surface area contributed by atoms with Crippen molar-refractivity contribution >= 4 is 29.7 Å². The van der Waals surface area contributed by atoms with E-state index in [0.29, 0.717) is 27.8 Å². The molecule has 26 heavy (non-hydrogen) atoms. The molecule has 0 unspecified atom stereocenters. The van der Waals surface area contributed by atoms with Crippen LogP contribution >= 0.6 is 11.6 Å². The molecular weight excluding hydrogens is 360 g/mol. The molecule has 0 saturated carbocycles. The predicted molar refractivity (Wildman–Crippen MR) is 97.0 cm³/mol. The second kappa shape index (κ2) is 9.43. The van der Waals surface area contributed by atoms with Gasteiger partial charge >= 0.3 is 5.97 Å². The minimum atomic E-state index is -0.467. The molecule has 0 bridgehead atoms. The van der Waals surface area contributed by atoms with Crippen molar-refractivity contribution in [1.29, 1.82) is 0 Å². The number of amides is 1. The Labute approximate surface area is 155 Å². The molecule has 136 valence electrons. The van der Waals surface area contributed by atoms with Crippen LogP contribution in [0.3, 0.4) is 0 Å². The molecule has 7 nitrogen and oxygen atoms in total. The zero-order valence-corrected chi connectivity index (χ0v) is 14.9. The molecule has 0 aliphatic carbocycles. The standard InChI is InChI=1S/C18H17ClN2O5/c1-12(22)26-17-8-7-16(24-2)9-13(17)10-20-21-18(23)11-25-15-5-3-14(19)4-6-15/h3-10H,11H2,1-2H3,(H,21,23)/b20-10-. The maximum Gasteiger partial charge on any atom is 0.308 e. The van der Waals surface area contributed by atoms with E-state index in [2.05, 4.69) is 10.5 Å². The van der Waals surface area contributed by atoms with Gasteiger partial charge in [-0.15, -0.1) is 0 Å². The second-order valence-electron chi connectivity index (χ2n) is 5.03. The Morgan fingerprint density at radius 2 is 1.85 bits per heavy atom. The number of carbonyl (C=O) groups excluding carboxylic acids is 2. The number of hydrogen-bond donors (Lipinski definition) is 1. The van der Waals surface area contributed by atoms with Crippen LogP contribution in [0.15, 0.2) is 47.6 Å². The topological polar surface area (TPSA) is 86.2 Å². The first-order valence-electron chi connectivity index (χ1n) is 7.54. The number of carbonyl (C=O) groups is 2. The summed E-state index contributed by atoms with van der Waals surface area (Å²) in [5.74, 6) is 0.449. The number of benzene rings is 2. The van der Waals surface area contributed by atoms with Crippen LogP contribution in [0.4, 0.5) is 0 Å².